The zero-order chi connectivity index (χ0) is 35.4. The van der Waals surface area contributed by atoms with Crippen molar-refractivity contribution in [2.24, 2.45) is 0 Å². The van der Waals surface area contributed by atoms with E-state index >= 15 is 4.39 Å². The van der Waals surface area contributed by atoms with Gasteiger partial charge in [-0.1, -0.05) is 18.2 Å². The van der Waals surface area contributed by atoms with Crippen LogP contribution in [0.1, 0.15) is 57.4 Å². The van der Waals surface area contributed by atoms with E-state index < -0.39 is 31.4 Å². The van der Waals surface area contributed by atoms with Gasteiger partial charge in [0.15, 0.2) is 5.82 Å². The topological polar surface area (TPSA) is 165 Å². The Morgan fingerprint density at radius 1 is 1.04 bits per heavy atom. The summed E-state index contributed by atoms with van der Waals surface area (Å²) >= 11 is 0. The van der Waals surface area contributed by atoms with Crippen LogP contribution in [0.4, 0.5) is 15.0 Å². The van der Waals surface area contributed by atoms with Crippen LogP contribution >= 0.6 is 7.60 Å². The van der Waals surface area contributed by atoms with Crippen LogP contribution in [0.25, 0.3) is 32.9 Å². The molecule has 3 saturated heterocycles. The summed E-state index contributed by atoms with van der Waals surface area (Å²) in [5.74, 6) is -0.171. The number of rotatable bonds is 6. The number of pyridine rings is 1. The maximum Gasteiger partial charge on any atom is 1.00 e. The molecule has 0 spiro atoms. The van der Waals surface area contributed by atoms with Crippen LogP contribution in [0.5, 0.6) is 11.8 Å². The number of alkyl carbamates (subject to hydrolysis) is 1. The quantitative estimate of drug-likeness (QED) is 0.175. The molecule has 0 saturated carbocycles. The van der Waals surface area contributed by atoms with E-state index in [1.165, 1.54) is 6.07 Å². The second-order valence-corrected chi connectivity index (χ2v) is 16.0. The zero-order valence-electron chi connectivity index (χ0n) is 30.5. The Labute approximate surface area is 351 Å². The maximum absolute atomic E-state index is 17.2. The van der Waals surface area contributed by atoms with E-state index in [-0.39, 0.29) is 94.2 Å². The van der Waals surface area contributed by atoms with Crippen LogP contribution in [-0.2, 0) is 15.7 Å². The number of nitrogens with one attached hydrogen (secondary N) is 1. The van der Waals surface area contributed by atoms with E-state index in [0.29, 0.717) is 60.1 Å². The number of aromatic nitrogens is 3. The van der Waals surface area contributed by atoms with Gasteiger partial charge in [-0.25, -0.2) is 9.18 Å². The van der Waals surface area contributed by atoms with Gasteiger partial charge in [-0.15, -0.1) is 0 Å². The Bertz CT molecular complexity index is 2060. The molecule has 53 heavy (non-hydrogen) atoms. The summed E-state index contributed by atoms with van der Waals surface area (Å²) in [5.41, 5.74) is 0.445. The average molecular weight is 765 g/mol. The number of hydrogen-bond donors (Lipinski definition) is 1. The Kier molecular flexibility index (Phi) is 12.4. The van der Waals surface area contributed by atoms with E-state index in [9.17, 15) is 19.1 Å². The van der Waals surface area contributed by atoms with Crippen molar-refractivity contribution in [2.75, 3.05) is 50.6 Å². The summed E-state index contributed by atoms with van der Waals surface area (Å²) < 4.78 is 46.2. The average Bonchev–Trinajstić information content (AvgIpc) is 3.68. The van der Waals surface area contributed by atoms with Gasteiger partial charge in [0.2, 0.25) is 0 Å². The summed E-state index contributed by atoms with van der Waals surface area (Å²) in [7, 11) is -5.00. The van der Waals surface area contributed by atoms with Crippen LogP contribution in [-0.4, -0.2) is 82.8 Å². The smallest absolute Gasteiger partial charge is 0.808 e. The van der Waals surface area contributed by atoms with E-state index in [0.717, 1.165) is 57.2 Å². The van der Waals surface area contributed by atoms with Crippen molar-refractivity contribution in [3.63, 3.8) is 0 Å². The van der Waals surface area contributed by atoms with Gasteiger partial charge in [0.05, 0.1) is 23.1 Å². The predicted molar refractivity (Wildman–Crippen MR) is 184 cm³/mol. The second kappa shape index (κ2) is 16.2. The fraction of sp³-hybridized carbons (Fsp3) is 0.500. The number of nitrogens with zero attached hydrogens (tertiary/aromatic N) is 5. The number of hydrogen-bond acceptors (Lipinski definition) is 12. The van der Waals surface area contributed by atoms with Crippen LogP contribution < -0.4 is 88.6 Å². The minimum Gasteiger partial charge on any atom is -0.808 e. The van der Waals surface area contributed by atoms with Crippen molar-refractivity contribution in [2.45, 2.75) is 69.4 Å². The van der Waals surface area contributed by atoms with Crippen LogP contribution in [0.15, 0.2) is 36.5 Å². The first-order valence-corrected chi connectivity index (χ1v) is 19.4. The van der Waals surface area contributed by atoms with Crippen LogP contribution in [0.3, 0.4) is 0 Å². The fourth-order valence-corrected chi connectivity index (χ4v) is 8.82. The Balaban J connectivity index is 0.00000240. The van der Waals surface area contributed by atoms with Gasteiger partial charge in [0, 0.05) is 24.8 Å². The molecule has 9 rings (SSSR count). The summed E-state index contributed by atoms with van der Waals surface area (Å²) in [6, 6.07) is 8.69. The molecule has 6 bridgehead atoms. The summed E-state index contributed by atoms with van der Waals surface area (Å²) in [5, 5.41) is 4.75. The molecule has 5 aliphatic rings. The van der Waals surface area contributed by atoms with Crippen molar-refractivity contribution in [3.8, 4) is 23.0 Å². The normalized spacial score (nSPS) is 21.4. The molecule has 2 aromatic heterocycles. The Morgan fingerprint density at radius 2 is 1.81 bits per heavy atom. The Morgan fingerprint density at radius 3 is 2.58 bits per heavy atom. The standard InChI is InChI=1S/C36H42FN6O7P.2Na/c1-35-10-4-13-42(20-35)32-27-19-38-30(29(37)31(27)39-33(40-32)49-21-36-11-5-14-43(36)15-6-12-36)26-18-25(50-22-51(45,46)47)17-24-8-2-7-23(28(24)26)9-3-16-48-34(44)41-35;;/h2,7-8,17-19H,3-6,9-16,20-22H2,1H3,(H,41,44)(H2,45,46,47);;/q;2*+1/p-2. The predicted octanol–water partition coefficient (Wildman–Crippen LogP) is -1.72. The minimum absolute atomic E-state index is 0. The van der Waals surface area contributed by atoms with Crippen LogP contribution in [0, 0.1) is 5.82 Å². The largest absolute Gasteiger partial charge is 1.00 e. The summed E-state index contributed by atoms with van der Waals surface area (Å²) in [4.78, 5) is 54.7. The van der Waals surface area contributed by atoms with E-state index in [2.05, 4.69) is 20.2 Å². The molecule has 13 nitrogen and oxygen atoms in total. The number of halogens is 1. The fourth-order valence-electron chi connectivity index (χ4n) is 8.52. The first kappa shape index (κ1) is 40.6. The number of carbonyl (C=O) groups is 1. The number of piperidine rings is 1. The number of ether oxygens (including phenoxy) is 3. The molecule has 1 N–H and O–H groups in total. The molecule has 5 aliphatic heterocycles. The van der Waals surface area contributed by atoms with Gasteiger partial charge >= 0.3 is 71.2 Å². The third-order valence-corrected chi connectivity index (χ3v) is 11.3. The van der Waals surface area contributed by atoms with Crippen molar-refractivity contribution < 1.29 is 96.9 Å². The zero-order valence-corrected chi connectivity index (χ0v) is 35.4. The summed E-state index contributed by atoms with van der Waals surface area (Å²) in [6.45, 7) is 5.57. The maximum atomic E-state index is 17.2. The number of benzene rings is 2. The number of anilines is 1. The van der Waals surface area contributed by atoms with Gasteiger partial charge in [-0.05, 0) is 107 Å². The molecule has 1 unspecified atom stereocenters. The third-order valence-electron chi connectivity index (χ3n) is 10.8. The summed E-state index contributed by atoms with van der Waals surface area (Å²) in [6.07, 6.45) is 6.64. The van der Waals surface area contributed by atoms with E-state index in [1.54, 1.807) is 18.3 Å². The molecule has 17 heteroatoms. The minimum atomic E-state index is -5.00. The van der Waals surface area contributed by atoms with Gasteiger partial charge in [-0.2, -0.15) is 9.97 Å². The number of amides is 1. The Hall–Kier alpha value is -2.10. The molecular weight excluding hydrogens is 724 g/mol. The van der Waals surface area contributed by atoms with Crippen LogP contribution in [0.2, 0.25) is 0 Å². The van der Waals surface area contributed by atoms with E-state index in [1.807, 2.05) is 24.0 Å². The number of aryl methyl sites for hydroxylation is 1. The first-order valence-electron chi connectivity index (χ1n) is 17.6. The molecule has 270 valence electrons. The van der Waals surface area contributed by atoms with Gasteiger partial charge in [0.1, 0.15) is 35.7 Å². The monoisotopic (exact) mass is 764 g/mol. The SMILES string of the molecule is CC12CCCN(C1)c1nc(OCC34CCCN3CCC4)nc3c(F)c(ncc13)-c1cc(OCP(=O)([O-])[O-])cc3cccc(c13)CCCOC(=O)N2.[Na+].[Na+]. The van der Waals surface area contributed by atoms with Crippen molar-refractivity contribution in [3.05, 3.63) is 47.9 Å². The molecule has 3 fully saturated rings. The van der Waals surface area contributed by atoms with Gasteiger partial charge in [-0.3, -0.25) is 9.88 Å². The van der Waals surface area contributed by atoms with Crippen molar-refractivity contribution in [1.82, 2.24) is 25.2 Å². The molecule has 7 heterocycles. The molecule has 1 atom stereocenters. The first-order chi connectivity index (χ1) is 24.5. The molecule has 4 aromatic rings. The van der Waals surface area contributed by atoms with Crippen molar-refractivity contribution >= 4 is 41.2 Å². The molecule has 0 aliphatic carbocycles. The van der Waals surface area contributed by atoms with Gasteiger partial charge < -0.3 is 38.8 Å². The second-order valence-electron chi connectivity index (χ2n) is 14.5. The third kappa shape index (κ3) is 8.38. The molecule has 1 amide bonds. The molecular formula is C36H40FN6Na2O7P. The number of carbonyl (C=O) groups excluding carboxylic acids is 1. The molecule has 2 aromatic carbocycles. The molecule has 0 radical (unpaired) electrons. The van der Waals surface area contributed by atoms with Gasteiger partial charge in [0.25, 0.3) is 0 Å². The van der Waals surface area contributed by atoms with E-state index in [4.69, 9.17) is 19.2 Å². The number of fused-ring (bicyclic) bond motifs is 7. The van der Waals surface area contributed by atoms with Crippen molar-refractivity contribution in [1.29, 1.82) is 0 Å².